The molecule has 1 aromatic heterocycles. The van der Waals surface area contributed by atoms with Gasteiger partial charge in [0.2, 0.25) is 0 Å². The molecule has 0 aliphatic carbocycles. The van der Waals surface area contributed by atoms with E-state index >= 15 is 0 Å². The minimum absolute atomic E-state index is 0.289. The van der Waals surface area contributed by atoms with E-state index in [4.69, 9.17) is 4.74 Å². The molecule has 1 rings (SSSR count). The molecule has 1 unspecified atom stereocenters. The minimum Gasteiger partial charge on any atom is -0.380 e. The highest BCUT2D eigenvalue weighted by Crippen LogP contribution is 2.15. The second-order valence-corrected chi connectivity index (χ2v) is 4.23. The second-order valence-electron chi connectivity index (χ2n) is 4.23. The lowest BCUT2D eigenvalue weighted by molar-refractivity contribution is 0.154. The highest BCUT2D eigenvalue weighted by molar-refractivity contribution is 5.44. The Morgan fingerprint density at radius 3 is 2.67 bits per heavy atom. The smallest absolute Gasteiger partial charge is 0.0641 e. The maximum atomic E-state index is 5.39. The zero-order chi connectivity index (χ0) is 13.4. The fraction of sp³-hybridized carbons (Fsp3) is 0.643. The molecule has 102 valence electrons. The number of pyridine rings is 1. The highest BCUT2D eigenvalue weighted by Gasteiger charge is 2.07. The molecule has 0 radical (unpaired) electrons. The lowest BCUT2D eigenvalue weighted by atomic mass is 10.2. The van der Waals surface area contributed by atoms with Crippen molar-refractivity contribution in [3.05, 3.63) is 24.0 Å². The molecule has 0 spiro atoms. The quantitative estimate of drug-likeness (QED) is 0.719. The van der Waals surface area contributed by atoms with Crippen LogP contribution in [0.25, 0.3) is 0 Å². The van der Waals surface area contributed by atoms with E-state index in [1.807, 2.05) is 20.2 Å². The standard InChI is InChI=1S/C14H25N3O/c1-5-17(9-10-18-6-2)13-7-8-14(16-11-13)12(3)15-4/h7-8,11-12,15H,5-6,9-10H2,1-4H3. The van der Waals surface area contributed by atoms with Crippen molar-refractivity contribution in [2.24, 2.45) is 0 Å². The van der Waals surface area contributed by atoms with Crippen molar-refractivity contribution in [3.8, 4) is 0 Å². The van der Waals surface area contributed by atoms with Crippen LogP contribution in [0.1, 0.15) is 32.5 Å². The number of nitrogens with zero attached hydrogens (tertiary/aromatic N) is 2. The van der Waals surface area contributed by atoms with Gasteiger partial charge >= 0.3 is 0 Å². The summed E-state index contributed by atoms with van der Waals surface area (Å²) in [6.45, 7) is 9.69. The Hall–Kier alpha value is -1.13. The molecule has 4 heteroatoms. The molecule has 18 heavy (non-hydrogen) atoms. The Morgan fingerprint density at radius 2 is 2.17 bits per heavy atom. The third kappa shape index (κ3) is 4.27. The van der Waals surface area contributed by atoms with Gasteiger partial charge in [-0.3, -0.25) is 4.98 Å². The van der Waals surface area contributed by atoms with Crippen LogP contribution in [-0.2, 0) is 4.74 Å². The summed E-state index contributed by atoms with van der Waals surface area (Å²) in [4.78, 5) is 6.78. The first-order valence-corrected chi connectivity index (χ1v) is 6.68. The highest BCUT2D eigenvalue weighted by atomic mass is 16.5. The average Bonchev–Trinajstić information content (AvgIpc) is 2.43. The van der Waals surface area contributed by atoms with Crippen LogP contribution in [-0.4, -0.2) is 38.3 Å². The number of hydrogen-bond donors (Lipinski definition) is 1. The number of nitrogens with one attached hydrogen (secondary N) is 1. The third-order valence-electron chi connectivity index (χ3n) is 3.10. The second kappa shape index (κ2) is 8.06. The van der Waals surface area contributed by atoms with Gasteiger partial charge in [0.15, 0.2) is 0 Å². The molecule has 0 aliphatic heterocycles. The maximum Gasteiger partial charge on any atom is 0.0641 e. The van der Waals surface area contributed by atoms with Crippen LogP contribution in [0.4, 0.5) is 5.69 Å². The number of likely N-dealkylation sites (N-methyl/N-ethyl adjacent to an activating group) is 1. The van der Waals surface area contributed by atoms with Crippen LogP contribution in [0.3, 0.4) is 0 Å². The molecule has 0 aliphatic rings. The van der Waals surface area contributed by atoms with E-state index in [0.717, 1.165) is 37.7 Å². The SMILES string of the molecule is CCOCCN(CC)c1ccc(C(C)NC)nc1. The van der Waals surface area contributed by atoms with Crippen molar-refractivity contribution >= 4 is 5.69 Å². The number of rotatable bonds is 8. The van der Waals surface area contributed by atoms with Gasteiger partial charge in [-0.2, -0.15) is 0 Å². The number of ether oxygens (including phenoxy) is 1. The van der Waals surface area contributed by atoms with E-state index in [2.05, 4.69) is 41.2 Å². The molecule has 0 saturated carbocycles. The van der Waals surface area contributed by atoms with Gasteiger partial charge in [0.1, 0.15) is 0 Å². The molecule has 0 saturated heterocycles. The maximum absolute atomic E-state index is 5.39. The molecular formula is C14H25N3O. The van der Waals surface area contributed by atoms with Crippen LogP contribution in [0, 0.1) is 0 Å². The largest absolute Gasteiger partial charge is 0.380 e. The fourth-order valence-corrected chi connectivity index (χ4v) is 1.78. The Labute approximate surface area is 110 Å². The average molecular weight is 251 g/mol. The van der Waals surface area contributed by atoms with Gasteiger partial charge in [0.25, 0.3) is 0 Å². The normalized spacial score (nSPS) is 12.4. The summed E-state index contributed by atoms with van der Waals surface area (Å²) in [5.74, 6) is 0. The van der Waals surface area contributed by atoms with Crippen LogP contribution in [0.5, 0.6) is 0 Å². The molecular weight excluding hydrogens is 226 g/mol. The molecule has 1 heterocycles. The van der Waals surface area contributed by atoms with Crippen LogP contribution < -0.4 is 10.2 Å². The van der Waals surface area contributed by atoms with Crippen molar-refractivity contribution in [1.29, 1.82) is 0 Å². The molecule has 4 nitrogen and oxygen atoms in total. The molecule has 0 amide bonds. The van der Waals surface area contributed by atoms with Gasteiger partial charge in [-0.25, -0.2) is 0 Å². The van der Waals surface area contributed by atoms with Gasteiger partial charge in [0.05, 0.1) is 24.2 Å². The molecule has 1 aromatic rings. The van der Waals surface area contributed by atoms with E-state index < -0.39 is 0 Å². The van der Waals surface area contributed by atoms with E-state index in [-0.39, 0.29) is 6.04 Å². The topological polar surface area (TPSA) is 37.4 Å². The monoisotopic (exact) mass is 251 g/mol. The lowest BCUT2D eigenvalue weighted by Crippen LogP contribution is -2.27. The van der Waals surface area contributed by atoms with Crippen LogP contribution in [0.2, 0.25) is 0 Å². The predicted molar refractivity (Wildman–Crippen MR) is 76.1 cm³/mol. The Balaban J connectivity index is 2.63. The van der Waals surface area contributed by atoms with Gasteiger partial charge in [-0.15, -0.1) is 0 Å². The molecule has 0 bridgehead atoms. The zero-order valence-electron chi connectivity index (χ0n) is 11.9. The summed E-state index contributed by atoms with van der Waals surface area (Å²) in [7, 11) is 1.95. The van der Waals surface area contributed by atoms with E-state index in [0.29, 0.717) is 0 Å². The first-order valence-electron chi connectivity index (χ1n) is 6.68. The van der Waals surface area contributed by atoms with Crippen molar-refractivity contribution in [2.45, 2.75) is 26.8 Å². The van der Waals surface area contributed by atoms with Gasteiger partial charge in [0, 0.05) is 25.7 Å². The molecule has 0 fully saturated rings. The Bertz CT molecular complexity index is 326. The van der Waals surface area contributed by atoms with Gasteiger partial charge in [-0.1, -0.05) is 0 Å². The molecule has 0 aromatic carbocycles. The Kier molecular flexibility index (Phi) is 6.68. The van der Waals surface area contributed by atoms with Crippen molar-refractivity contribution in [1.82, 2.24) is 10.3 Å². The summed E-state index contributed by atoms with van der Waals surface area (Å²) in [6.07, 6.45) is 1.94. The predicted octanol–water partition coefficient (Wildman–Crippen LogP) is 2.22. The number of anilines is 1. The minimum atomic E-state index is 0.289. The van der Waals surface area contributed by atoms with Crippen molar-refractivity contribution in [2.75, 3.05) is 38.3 Å². The lowest BCUT2D eigenvalue weighted by Gasteiger charge is -2.23. The fourth-order valence-electron chi connectivity index (χ4n) is 1.78. The first kappa shape index (κ1) is 14.9. The summed E-state index contributed by atoms with van der Waals surface area (Å²) < 4.78 is 5.39. The van der Waals surface area contributed by atoms with E-state index in [9.17, 15) is 0 Å². The summed E-state index contributed by atoms with van der Waals surface area (Å²) in [5.41, 5.74) is 2.23. The molecule has 1 N–H and O–H groups in total. The first-order chi connectivity index (χ1) is 8.72. The summed E-state index contributed by atoms with van der Waals surface area (Å²) >= 11 is 0. The Morgan fingerprint density at radius 1 is 1.39 bits per heavy atom. The summed E-state index contributed by atoms with van der Waals surface area (Å²) in [5, 5.41) is 3.19. The van der Waals surface area contributed by atoms with Crippen molar-refractivity contribution < 1.29 is 4.74 Å². The number of aromatic nitrogens is 1. The van der Waals surface area contributed by atoms with Gasteiger partial charge in [-0.05, 0) is 40.0 Å². The third-order valence-corrected chi connectivity index (χ3v) is 3.10. The zero-order valence-corrected chi connectivity index (χ0v) is 11.9. The number of hydrogen-bond acceptors (Lipinski definition) is 4. The van der Waals surface area contributed by atoms with Crippen LogP contribution in [0.15, 0.2) is 18.3 Å². The van der Waals surface area contributed by atoms with E-state index in [1.165, 1.54) is 0 Å². The van der Waals surface area contributed by atoms with Crippen molar-refractivity contribution in [3.63, 3.8) is 0 Å². The summed E-state index contributed by atoms with van der Waals surface area (Å²) in [6, 6.07) is 4.50. The van der Waals surface area contributed by atoms with E-state index in [1.54, 1.807) is 0 Å². The molecule has 1 atom stereocenters. The van der Waals surface area contributed by atoms with Gasteiger partial charge < -0.3 is 15.0 Å². The van der Waals surface area contributed by atoms with Crippen LogP contribution >= 0.6 is 0 Å².